The summed E-state index contributed by atoms with van der Waals surface area (Å²) >= 11 is 0. The van der Waals surface area contributed by atoms with E-state index in [1.165, 1.54) is 25.7 Å². The maximum atomic E-state index is 13.0. The molecular formula is C23H30N4O3. The summed E-state index contributed by atoms with van der Waals surface area (Å²) in [5, 5.41) is 9.67. The van der Waals surface area contributed by atoms with Crippen molar-refractivity contribution >= 4 is 17.7 Å². The van der Waals surface area contributed by atoms with Crippen LogP contribution in [0.2, 0.25) is 0 Å². The van der Waals surface area contributed by atoms with Gasteiger partial charge in [0, 0.05) is 31.1 Å². The van der Waals surface area contributed by atoms with E-state index < -0.39 is 6.04 Å². The smallest absolute Gasteiger partial charge is 0.255 e. The van der Waals surface area contributed by atoms with Crippen LogP contribution in [-0.2, 0) is 22.7 Å². The highest BCUT2D eigenvalue weighted by atomic mass is 16.2. The van der Waals surface area contributed by atoms with Crippen LogP contribution in [0.25, 0.3) is 0 Å². The number of carbonyl (C=O) groups excluding carboxylic acids is 3. The third-order valence-corrected chi connectivity index (χ3v) is 7.45. The molecule has 3 fully saturated rings. The number of hydrogen-bond donors (Lipinski definition) is 3. The molecule has 0 aromatic heterocycles. The highest BCUT2D eigenvalue weighted by molar-refractivity contribution is 6.05. The Bertz CT molecular complexity index is 868. The van der Waals surface area contributed by atoms with Crippen LogP contribution < -0.4 is 16.0 Å². The van der Waals surface area contributed by atoms with Gasteiger partial charge >= 0.3 is 0 Å². The van der Waals surface area contributed by atoms with Crippen molar-refractivity contribution in [1.29, 1.82) is 0 Å². The number of carbonyl (C=O) groups is 3. The van der Waals surface area contributed by atoms with Crippen LogP contribution in [0.3, 0.4) is 0 Å². The molecule has 0 spiro atoms. The van der Waals surface area contributed by atoms with Gasteiger partial charge in [-0.15, -0.1) is 0 Å². The lowest BCUT2D eigenvalue weighted by molar-refractivity contribution is -0.136. The number of amides is 3. The fourth-order valence-electron chi connectivity index (χ4n) is 5.79. The Morgan fingerprint density at radius 2 is 2.00 bits per heavy atom. The standard InChI is InChI=1S/C23H30N4O3/c28-21-7-6-20(22(29)26-21)27-13-16-5-4-14(10-17(16)23(27)30)11-25-19-3-1-2-15-8-9-24-12-18(15)19/h4-5,10,15,18-20,24-25H,1-3,6-9,11-13H2,(H,26,28,29). The van der Waals surface area contributed by atoms with Crippen LogP contribution in [-0.4, -0.2) is 47.8 Å². The molecule has 30 heavy (non-hydrogen) atoms. The van der Waals surface area contributed by atoms with Gasteiger partial charge in [0.1, 0.15) is 6.04 Å². The number of piperidine rings is 2. The molecule has 3 aliphatic heterocycles. The SMILES string of the molecule is O=C1CCC(N2Cc3ccc(CNC4CCCC5CCNCC54)cc3C2=O)C(=O)N1. The van der Waals surface area contributed by atoms with Gasteiger partial charge in [-0.25, -0.2) is 0 Å². The van der Waals surface area contributed by atoms with Crippen LogP contribution in [0.15, 0.2) is 18.2 Å². The maximum absolute atomic E-state index is 13.0. The van der Waals surface area contributed by atoms with Gasteiger partial charge in [0.05, 0.1) is 0 Å². The number of nitrogens with zero attached hydrogens (tertiary/aromatic N) is 1. The van der Waals surface area contributed by atoms with E-state index in [0.29, 0.717) is 30.5 Å². The fourth-order valence-corrected chi connectivity index (χ4v) is 5.79. The molecule has 3 N–H and O–H groups in total. The summed E-state index contributed by atoms with van der Waals surface area (Å²) in [6.45, 7) is 3.44. The predicted octanol–water partition coefficient (Wildman–Crippen LogP) is 1.32. The molecule has 7 heteroatoms. The van der Waals surface area contributed by atoms with Gasteiger partial charge in [-0.05, 0) is 67.8 Å². The molecule has 0 bridgehead atoms. The van der Waals surface area contributed by atoms with Crippen molar-refractivity contribution in [2.75, 3.05) is 13.1 Å². The zero-order valence-corrected chi connectivity index (χ0v) is 17.3. The Morgan fingerprint density at radius 3 is 2.87 bits per heavy atom. The fraction of sp³-hybridized carbons (Fsp3) is 0.609. The zero-order valence-electron chi connectivity index (χ0n) is 17.3. The molecule has 2 saturated heterocycles. The first-order valence-electron chi connectivity index (χ1n) is 11.3. The maximum Gasteiger partial charge on any atom is 0.255 e. The molecule has 1 aliphatic carbocycles. The van der Waals surface area contributed by atoms with Crippen LogP contribution in [0.4, 0.5) is 0 Å². The van der Waals surface area contributed by atoms with Crippen molar-refractivity contribution < 1.29 is 14.4 Å². The minimum Gasteiger partial charge on any atom is -0.322 e. The van der Waals surface area contributed by atoms with Crippen LogP contribution >= 0.6 is 0 Å². The summed E-state index contributed by atoms with van der Waals surface area (Å²) in [6.07, 6.45) is 5.83. The first kappa shape index (κ1) is 19.7. The van der Waals surface area contributed by atoms with E-state index in [1.54, 1.807) is 4.90 Å². The van der Waals surface area contributed by atoms with E-state index in [2.05, 4.69) is 22.0 Å². The molecule has 0 radical (unpaired) electrons. The van der Waals surface area contributed by atoms with Crippen LogP contribution in [0.1, 0.15) is 60.0 Å². The molecule has 4 unspecified atom stereocenters. The van der Waals surface area contributed by atoms with E-state index in [4.69, 9.17) is 0 Å². The minimum absolute atomic E-state index is 0.101. The molecule has 7 nitrogen and oxygen atoms in total. The van der Waals surface area contributed by atoms with Gasteiger partial charge in [-0.2, -0.15) is 0 Å². The number of hydrogen-bond acceptors (Lipinski definition) is 5. The van der Waals surface area contributed by atoms with Crippen molar-refractivity contribution in [3.8, 4) is 0 Å². The van der Waals surface area contributed by atoms with Crippen molar-refractivity contribution in [2.24, 2.45) is 11.8 Å². The highest BCUT2D eigenvalue weighted by Gasteiger charge is 2.39. The Kier molecular flexibility index (Phi) is 5.33. The van der Waals surface area contributed by atoms with Crippen molar-refractivity contribution in [1.82, 2.24) is 20.9 Å². The average Bonchev–Trinajstić information content (AvgIpc) is 3.08. The molecule has 4 atom stereocenters. The van der Waals surface area contributed by atoms with Crippen LogP contribution in [0, 0.1) is 11.8 Å². The summed E-state index contributed by atoms with van der Waals surface area (Å²) in [7, 11) is 0. The first-order chi connectivity index (χ1) is 14.6. The molecule has 160 valence electrons. The summed E-state index contributed by atoms with van der Waals surface area (Å²) in [5.74, 6) is 0.817. The molecule has 5 rings (SSSR count). The lowest BCUT2D eigenvalue weighted by Gasteiger charge is -2.42. The van der Waals surface area contributed by atoms with Gasteiger partial charge in [0.2, 0.25) is 11.8 Å². The second kappa shape index (κ2) is 8.12. The lowest BCUT2D eigenvalue weighted by Crippen LogP contribution is -2.52. The number of rotatable bonds is 4. The van der Waals surface area contributed by atoms with E-state index in [0.717, 1.165) is 36.7 Å². The van der Waals surface area contributed by atoms with Crippen molar-refractivity contribution in [2.45, 2.75) is 63.7 Å². The summed E-state index contributed by atoms with van der Waals surface area (Å²) in [4.78, 5) is 38.2. The molecule has 1 saturated carbocycles. The van der Waals surface area contributed by atoms with Gasteiger partial charge in [-0.1, -0.05) is 18.6 Å². The summed E-state index contributed by atoms with van der Waals surface area (Å²) in [5.41, 5.74) is 2.76. The van der Waals surface area contributed by atoms with E-state index in [9.17, 15) is 14.4 Å². The first-order valence-corrected chi connectivity index (χ1v) is 11.3. The Morgan fingerprint density at radius 1 is 1.10 bits per heavy atom. The summed E-state index contributed by atoms with van der Waals surface area (Å²) in [6, 6.07) is 6.06. The monoisotopic (exact) mass is 410 g/mol. The quantitative estimate of drug-likeness (QED) is 0.652. The molecule has 4 aliphatic rings. The molecule has 1 aromatic carbocycles. The molecule has 3 amide bonds. The Hall–Kier alpha value is -2.25. The van der Waals surface area contributed by atoms with Gasteiger partial charge in [0.15, 0.2) is 0 Å². The highest BCUT2D eigenvalue weighted by Crippen LogP contribution is 2.34. The predicted molar refractivity (Wildman–Crippen MR) is 111 cm³/mol. The summed E-state index contributed by atoms with van der Waals surface area (Å²) < 4.78 is 0. The largest absolute Gasteiger partial charge is 0.322 e. The molecule has 1 aromatic rings. The van der Waals surface area contributed by atoms with E-state index in [1.807, 2.05) is 12.1 Å². The third-order valence-electron chi connectivity index (χ3n) is 7.45. The van der Waals surface area contributed by atoms with Gasteiger partial charge in [-0.3, -0.25) is 19.7 Å². The second-order valence-electron chi connectivity index (χ2n) is 9.23. The zero-order chi connectivity index (χ0) is 20.7. The number of benzene rings is 1. The Balaban J connectivity index is 1.25. The van der Waals surface area contributed by atoms with E-state index >= 15 is 0 Å². The second-order valence-corrected chi connectivity index (χ2v) is 9.23. The third kappa shape index (κ3) is 3.65. The van der Waals surface area contributed by atoms with Gasteiger partial charge < -0.3 is 15.5 Å². The number of fused-ring (bicyclic) bond motifs is 2. The van der Waals surface area contributed by atoms with Gasteiger partial charge in [0.25, 0.3) is 5.91 Å². The minimum atomic E-state index is -0.554. The molecule has 3 heterocycles. The van der Waals surface area contributed by atoms with Crippen molar-refractivity contribution in [3.63, 3.8) is 0 Å². The molecular weight excluding hydrogens is 380 g/mol. The van der Waals surface area contributed by atoms with Crippen LogP contribution in [0.5, 0.6) is 0 Å². The van der Waals surface area contributed by atoms with E-state index in [-0.39, 0.29) is 24.1 Å². The Labute approximate surface area is 177 Å². The van der Waals surface area contributed by atoms with Crippen molar-refractivity contribution in [3.05, 3.63) is 34.9 Å². The lowest BCUT2D eigenvalue weighted by atomic mass is 9.72. The normalized spacial score (nSPS) is 31.3. The number of imide groups is 1. The average molecular weight is 411 g/mol. The number of nitrogens with one attached hydrogen (secondary N) is 3. The topological polar surface area (TPSA) is 90.5 Å².